The molecular weight excluding hydrogens is 224 g/mol. The van der Waals surface area contributed by atoms with E-state index in [1.165, 1.54) is 26.2 Å². The summed E-state index contributed by atoms with van der Waals surface area (Å²) in [5.41, 5.74) is 0. The van der Waals surface area contributed by atoms with Gasteiger partial charge in [-0.2, -0.15) is 0 Å². The first-order valence-electron chi connectivity index (χ1n) is 7.09. The first-order chi connectivity index (χ1) is 8.65. The molecule has 0 aromatic carbocycles. The summed E-state index contributed by atoms with van der Waals surface area (Å²) < 4.78 is 5.85. The lowest BCUT2D eigenvalue weighted by molar-refractivity contribution is 0.115. The first kappa shape index (κ1) is 13.6. The Hall–Kier alpha value is -0.800. The van der Waals surface area contributed by atoms with Crippen LogP contribution in [0.4, 0.5) is 0 Å². The molecule has 0 bridgehead atoms. The lowest BCUT2D eigenvalue weighted by atomic mass is 9.91. The van der Waals surface area contributed by atoms with E-state index in [1.807, 2.05) is 0 Å². The zero-order chi connectivity index (χ0) is 13.0. The summed E-state index contributed by atoms with van der Waals surface area (Å²) in [5.74, 6) is 2.28. The third-order valence-electron chi connectivity index (χ3n) is 4.09. The van der Waals surface area contributed by atoms with Crippen LogP contribution >= 0.6 is 0 Å². The quantitative estimate of drug-likeness (QED) is 0.759. The fraction of sp³-hybridized carbons (Fsp3) is 0.733. The van der Waals surface area contributed by atoms with E-state index in [-0.39, 0.29) is 0 Å². The number of hydrogen-bond donors (Lipinski definition) is 0. The lowest BCUT2D eigenvalue weighted by Gasteiger charge is -2.32. The van der Waals surface area contributed by atoms with Gasteiger partial charge in [-0.15, -0.1) is 0 Å². The zero-order valence-electron chi connectivity index (χ0n) is 11.9. The maximum absolute atomic E-state index is 5.85. The van der Waals surface area contributed by atoms with Crippen LogP contribution in [0.2, 0.25) is 0 Å². The number of hydrogen-bond acceptors (Lipinski definition) is 3. The maximum Gasteiger partial charge on any atom is 0.115 e. The standard InChI is InChI=1S/C15H26N2O/c1-13-4-5-15(12-14(13)2)18-11-10-17-8-6-16(3)7-9-17/h4-5,12-14H,6-11H2,1-3H3. The van der Waals surface area contributed by atoms with Gasteiger partial charge in [-0.05, 0) is 31.0 Å². The molecule has 0 radical (unpaired) electrons. The highest BCUT2D eigenvalue weighted by molar-refractivity contribution is 5.19. The fourth-order valence-corrected chi connectivity index (χ4v) is 2.35. The van der Waals surface area contributed by atoms with E-state index in [4.69, 9.17) is 4.74 Å². The smallest absolute Gasteiger partial charge is 0.115 e. The van der Waals surface area contributed by atoms with Gasteiger partial charge in [0.05, 0.1) is 0 Å². The number of allylic oxidation sites excluding steroid dienone is 3. The average molecular weight is 250 g/mol. The van der Waals surface area contributed by atoms with Gasteiger partial charge in [-0.1, -0.05) is 19.9 Å². The maximum atomic E-state index is 5.85. The Morgan fingerprint density at radius 2 is 1.89 bits per heavy atom. The number of piperazine rings is 1. The Labute approximate surface area is 111 Å². The fourth-order valence-electron chi connectivity index (χ4n) is 2.35. The van der Waals surface area contributed by atoms with Gasteiger partial charge in [0.25, 0.3) is 0 Å². The van der Waals surface area contributed by atoms with Crippen LogP contribution < -0.4 is 0 Å². The van der Waals surface area contributed by atoms with Crippen LogP contribution in [-0.2, 0) is 4.74 Å². The number of ether oxygens (including phenoxy) is 1. The summed E-state index contributed by atoms with van der Waals surface area (Å²) in [5, 5.41) is 0. The predicted octanol–water partition coefficient (Wildman–Crippen LogP) is 1.98. The molecule has 2 atom stereocenters. The monoisotopic (exact) mass is 250 g/mol. The molecule has 2 aliphatic rings. The van der Waals surface area contributed by atoms with E-state index in [0.717, 1.165) is 18.9 Å². The Balaban J connectivity index is 1.67. The molecule has 3 heteroatoms. The van der Waals surface area contributed by atoms with Crippen molar-refractivity contribution in [3.63, 3.8) is 0 Å². The minimum Gasteiger partial charge on any atom is -0.493 e. The molecule has 0 saturated carbocycles. The number of rotatable bonds is 4. The summed E-state index contributed by atoms with van der Waals surface area (Å²) in [6, 6.07) is 0. The third-order valence-corrected chi connectivity index (χ3v) is 4.09. The minimum atomic E-state index is 0.591. The van der Waals surface area contributed by atoms with Crippen molar-refractivity contribution in [2.24, 2.45) is 11.8 Å². The molecule has 3 nitrogen and oxygen atoms in total. The molecule has 0 aromatic heterocycles. The van der Waals surface area contributed by atoms with Crippen LogP contribution in [0.15, 0.2) is 24.0 Å². The van der Waals surface area contributed by atoms with Crippen molar-refractivity contribution in [1.82, 2.24) is 9.80 Å². The van der Waals surface area contributed by atoms with E-state index in [9.17, 15) is 0 Å². The topological polar surface area (TPSA) is 15.7 Å². The average Bonchev–Trinajstić information content (AvgIpc) is 2.36. The second-order valence-corrected chi connectivity index (χ2v) is 5.64. The minimum absolute atomic E-state index is 0.591. The highest BCUT2D eigenvalue weighted by atomic mass is 16.5. The van der Waals surface area contributed by atoms with Gasteiger partial charge in [-0.3, -0.25) is 4.90 Å². The third kappa shape index (κ3) is 3.85. The Morgan fingerprint density at radius 3 is 2.56 bits per heavy atom. The van der Waals surface area contributed by atoms with Crippen LogP contribution in [-0.4, -0.2) is 56.2 Å². The summed E-state index contributed by atoms with van der Waals surface area (Å²) in [6.45, 7) is 11.0. The molecule has 0 N–H and O–H groups in total. The van der Waals surface area contributed by atoms with Crippen LogP contribution in [0.1, 0.15) is 13.8 Å². The van der Waals surface area contributed by atoms with Crippen LogP contribution in [0.25, 0.3) is 0 Å². The molecule has 1 heterocycles. The summed E-state index contributed by atoms with van der Waals surface area (Å²) in [7, 11) is 2.19. The molecule has 0 amide bonds. The van der Waals surface area contributed by atoms with Gasteiger partial charge in [0.2, 0.25) is 0 Å². The van der Waals surface area contributed by atoms with Gasteiger partial charge in [0, 0.05) is 32.7 Å². The first-order valence-corrected chi connectivity index (χ1v) is 7.09. The second-order valence-electron chi connectivity index (χ2n) is 5.64. The molecule has 102 valence electrons. The van der Waals surface area contributed by atoms with E-state index < -0.39 is 0 Å². The lowest BCUT2D eigenvalue weighted by Crippen LogP contribution is -2.45. The van der Waals surface area contributed by atoms with Crippen LogP contribution in [0.3, 0.4) is 0 Å². The van der Waals surface area contributed by atoms with Gasteiger partial charge >= 0.3 is 0 Å². The SMILES string of the molecule is CC1C=CC(OCCN2CCN(C)CC2)=CC1C. The molecule has 2 rings (SSSR count). The highest BCUT2D eigenvalue weighted by Gasteiger charge is 2.15. The Kier molecular flexibility index (Phi) is 4.84. The molecule has 1 fully saturated rings. The van der Waals surface area contributed by atoms with Crippen molar-refractivity contribution in [1.29, 1.82) is 0 Å². The zero-order valence-corrected chi connectivity index (χ0v) is 11.9. The normalized spacial score (nSPS) is 30.3. The van der Waals surface area contributed by atoms with Gasteiger partial charge < -0.3 is 9.64 Å². The van der Waals surface area contributed by atoms with Gasteiger partial charge in [0.1, 0.15) is 12.4 Å². The van der Waals surface area contributed by atoms with E-state index in [1.54, 1.807) is 0 Å². The second kappa shape index (κ2) is 6.39. The molecular formula is C15H26N2O. The van der Waals surface area contributed by atoms with Crippen molar-refractivity contribution < 1.29 is 4.74 Å². The van der Waals surface area contributed by atoms with Crippen LogP contribution in [0.5, 0.6) is 0 Å². The number of nitrogens with zero attached hydrogens (tertiary/aromatic N) is 2. The highest BCUT2D eigenvalue weighted by Crippen LogP contribution is 2.22. The number of likely N-dealkylation sites (N-methyl/N-ethyl adjacent to an activating group) is 1. The summed E-state index contributed by atoms with van der Waals surface area (Å²) >= 11 is 0. The van der Waals surface area contributed by atoms with Crippen molar-refractivity contribution in [2.45, 2.75) is 13.8 Å². The van der Waals surface area contributed by atoms with Crippen molar-refractivity contribution in [3.05, 3.63) is 24.0 Å². The Morgan fingerprint density at radius 1 is 1.17 bits per heavy atom. The Bertz CT molecular complexity index is 316. The van der Waals surface area contributed by atoms with Crippen LogP contribution in [0, 0.1) is 11.8 Å². The van der Waals surface area contributed by atoms with E-state index >= 15 is 0 Å². The largest absolute Gasteiger partial charge is 0.493 e. The summed E-state index contributed by atoms with van der Waals surface area (Å²) in [6.07, 6.45) is 6.61. The molecule has 2 unspecified atom stereocenters. The summed E-state index contributed by atoms with van der Waals surface area (Å²) in [4.78, 5) is 4.87. The molecule has 18 heavy (non-hydrogen) atoms. The molecule has 0 aromatic rings. The van der Waals surface area contributed by atoms with Crippen molar-refractivity contribution >= 4 is 0 Å². The molecule has 1 aliphatic carbocycles. The van der Waals surface area contributed by atoms with Crippen molar-refractivity contribution in [2.75, 3.05) is 46.4 Å². The molecule has 0 spiro atoms. The van der Waals surface area contributed by atoms with Crippen molar-refractivity contribution in [3.8, 4) is 0 Å². The molecule has 1 aliphatic heterocycles. The van der Waals surface area contributed by atoms with Gasteiger partial charge in [-0.25, -0.2) is 0 Å². The predicted molar refractivity (Wildman–Crippen MR) is 75.4 cm³/mol. The van der Waals surface area contributed by atoms with Gasteiger partial charge in [0.15, 0.2) is 0 Å². The van der Waals surface area contributed by atoms with E-state index in [2.05, 4.69) is 48.9 Å². The van der Waals surface area contributed by atoms with E-state index in [0.29, 0.717) is 11.8 Å². The molecule has 1 saturated heterocycles.